The van der Waals surface area contributed by atoms with E-state index in [1.54, 1.807) is 35.0 Å². The quantitative estimate of drug-likeness (QED) is 0.649. The summed E-state index contributed by atoms with van der Waals surface area (Å²) in [6.45, 7) is 0.922. The van der Waals surface area contributed by atoms with Gasteiger partial charge in [-0.05, 0) is 48.0 Å². The first-order valence-corrected chi connectivity index (χ1v) is 9.44. The number of fused-ring (bicyclic) bond motifs is 1. The Kier molecular flexibility index (Phi) is 4.97. The maximum absolute atomic E-state index is 12.5. The summed E-state index contributed by atoms with van der Waals surface area (Å²) in [5.74, 6) is -0.839. The molecule has 0 saturated carbocycles. The van der Waals surface area contributed by atoms with Crippen LogP contribution in [0.5, 0.6) is 0 Å². The fraction of sp³-hybridized carbons (Fsp3) is 0.150. The Labute approximate surface area is 169 Å². The number of hydrogen-bond donors (Lipinski definition) is 2. The molecule has 3 N–H and O–H groups in total. The molecule has 1 atom stereocenters. The highest BCUT2D eigenvalue weighted by Crippen LogP contribution is 2.27. The van der Waals surface area contributed by atoms with Gasteiger partial charge in [-0.2, -0.15) is 5.10 Å². The Balaban J connectivity index is 1.47. The Hall–Kier alpha value is -2.97. The molecule has 1 aromatic heterocycles. The molecule has 1 aliphatic heterocycles. The molecule has 1 aliphatic rings. The molecule has 142 valence electrons. The van der Waals surface area contributed by atoms with E-state index in [4.69, 9.17) is 10.5 Å². The van der Waals surface area contributed by atoms with Crippen molar-refractivity contribution in [2.75, 3.05) is 5.32 Å². The van der Waals surface area contributed by atoms with E-state index in [0.29, 0.717) is 30.1 Å². The van der Waals surface area contributed by atoms with Crippen LogP contribution in [-0.4, -0.2) is 21.6 Å². The Bertz CT molecular complexity index is 1030. The number of aromatic nitrogens is 2. The van der Waals surface area contributed by atoms with Crippen LogP contribution in [0.3, 0.4) is 0 Å². The van der Waals surface area contributed by atoms with Crippen LogP contribution in [0.25, 0.3) is 0 Å². The van der Waals surface area contributed by atoms with Crippen molar-refractivity contribution in [3.05, 3.63) is 81.6 Å². The molecule has 7 nitrogen and oxygen atoms in total. The Morgan fingerprint density at radius 1 is 1.14 bits per heavy atom. The van der Waals surface area contributed by atoms with Crippen LogP contribution in [0.4, 0.5) is 5.69 Å². The second-order valence-electron chi connectivity index (χ2n) is 6.45. The summed E-state index contributed by atoms with van der Waals surface area (Å²) in [5, 5.41) is 7.20. The van der Waals surface area contributed by atoms with Gasteiger partial charge in [0.25, 0.3) is 5.91 Å². The first-order chi connectivity index (χ1) is 13.5. The first kappa shape index (κ1) is 18.4. The maximum Gasteiger partial charge on any atom is 0.276 e. The van der Waals surface area contributed by atoms with Gasteiger partial charge >= 0.3 is 0 Å². The van der Waals surface area contributed by atoms with Gasteiger partial charge in [-0.25, -0.2) is 0 Å². The highest BCUT2D eigenvalue weighted by Gasteiger charge is 2.24. The molecule has 0 aliphatic carbocycles. The summed E-state index contributed by atoms with van der Waals surface area (Å²) in [6.07, 6.45) is -0.113. The van der Waals surface area contributed by atoms with E-state index in [-0.39, 0.29) is 12.0 Å². The van der Waals surface area contributed by atoms with Crippen LogP contribution in [-0.2, 0) is 17.9 Å². The van der Waals surface area contributed by atoms with Crippen LogP contribution < -0.4 is 11.1 Å². The zero-order valence-corrected chi connectivity index (χ0v) is 16.3. The molecule has 4 rings (SSSR count). The van der Waals surface area contributed by atoms with Crippen molar-refractivity contribution >= 4 is 33.4 Å². The van der Waals surface area contributed by atoms with E-state index in [1.807, 2.05) is 24.3 Å². The summed E-state index contributed by atoms with van der Waals surface area (Å²) >= 11 is 3.43. The van der Waals surface area contributed by atoms with E-state index in [2.05, 4.69) is 26.3 Å². The minimum Gasteiger partial charge on any atom is -0.366 e. The summed E-state index contributed by atoms with van der Waals surface area (Å²) in [7, 11) is 0. The number of carbonyl (C=O) groups excluding carboxylic acids is 2. The molecule has 0 radical (unpaired) electrons. The van der Waals surface area contributed by atoms with Crippen LogP contribution in [0, 0.1) is 0 Å². The van der Waals surface area contributed by atoms with Gasteiger partial charge in [0.2, 0.25) is 5.91 Å². The minimum absolute atomic E-state index is 0.113. The number of hydrogen-bond acceptors (Lipinski definition) is 4. The van der Waals surface area contributed by atoms with Crippen LogP contribution >= 0.6 is 15.9 Å². The van der Waals surface area contributed by atoms with Crippen molar-refractivity contribution in [1.29, 1.82) is 0 Å². The predicted molar refractivity (Wildman–Crippen MR) is 107 cm³/mol. The average Bonchev–Trinajstić information content (AvgIpc) is 3.12. The lowest BCUT2D eigenvalue weighted by atomic mass is 10.1. The van der Waals surface area contributed by atoms with Crippen molar-refractivity contribution in [3.8, 4) is 0 Å². The van der Waals surface area contributed by atoms with Gasteiger partial charge in [0.1, 0.15) is 6.10 Å². The number of halogens is 1. The van der Waals surface area contributed by atoms with Gasteiger partial charge < -0.3 is 15.8 Å². The number of benzene rings is 2. The number of amides is 2. The summed E-state index contributed by atoms with van der Waals surface area (Å²) in [6, 6.07) is 16.1. The van der Waals surface area contributed by atoms with E-state index in [1.165, 1.54) is 0 Å². The minimum atomic E-state index is -0.514. The molecule has 8 heteroatoms. The lowest BCUT2D eigenvalue weighted by Crippen LogP contribution is -2.22. The molecule has 2 heterocycles. The fourth-order valence-corrected chi connectivity index (χ4v) is 3.29. The second kappa shape index (κ2) is 7.57. The molecular weight excluding hydrogens is 424 g/mol. The largest absolute Gasteiger partial charge is 0.366 e. The van der Waals surface area contributed by atoms with E-state index < -0.39 is 5.91 Å². The summed E-state index contributed by atoms with van der Waals surface area (Å²) in [4.78, 5) is 23.6. The molecular formula is C20H17BrN4O3. The molecule has 2 amide bonds. The van der Waals surface area contributed by atoms with Gasteiger partial charge in [-0.15, -0.1) is 0 Å². The third-order valence-electron chi connectivity index (χ3n) is 4.54. The maximum atomic E-state index is 12.5. The Morgan fingerprint density at radius 3 is 2.54 bits per heavy atom. The number of nitrogens with two attached hydrogens (primary N) is 1. The van der Waals surface area contributed by atoms with Crippen molar-refractivity contribution in [2.45, 2.75) is 19.3 Å². The number of ether oxygens (including phenoxy) is 1. The van der Waals surface area contributed by atoms with Gasteiger partial charge in [-0.1, -0.05) is 28.1 Å². The van der Waals surface area contributed by atoms with Crippen LogP contribution in [0.15, 0.2) is 59.1 Å². The lowest BCUT2D eigenvalue weighted by molar-refractivity contribution is -0.00119. The fourth-order valence-electron chi connectivity index (χ4n) is 3.03. The monoisotopic (exact) mass is 440 g/mol. The number of nitrogens with one attached hydrogen (secondary N) is 1. The van der Waals surface area contributed by atoms with Gasteiger partial charge in [-0.3, -0.25) is 14.3 Å². The van der Waals surface area contributed by atoms with E-state index >= 15 is 0 Å². The standard InChI is InChI=1S/C20H17BrN4O3/c21-14-5-1-12(2-6-14)18-10-25-16(11-28-18)9-17(24-25)20(27)23-15-7-3-13(4-8-15)19(22)26/h1-9,18H,10-11H2,(H2,22,26)(H,23,27)/t18-/m0/s1. The highest BCUT2D eigenvalue weighted by molar-refractivity contribution is 9.10. The molecule has 0 spiro atoms. The van der Waals surface area contributed by atoms with Gasteiger partial charge in [0.05, 0.1) is 18.8 Å². The van der Waals surface area contributed by atoms with E-state index in [0.717, 1.165) is 15.7 Å². The van der Waals surface area contributed by atoms with Crippen molar-refractivity contribution in [1.82, 2.24) is 9.78 Å². The first-order valence-electron chi connectivity index (χ1n) is 8.64. The molecule has 3 aromatic rings. The molecule has 2 aromatic carbocycles. The van der Waals surface area contributed by atoms with Gasteiger partial charge in [0.15, 0.2) is 5.69 Å². The predicted octanol–water partition coefficient (Wildman–Crippen LogP) is 3.27. The Morgan fingerprint density at radius 2 is 1.86 bits per heavy atom. The zero-order chi connectivity index (χ0) is 19.7. The van der Waals surface area contributed by atoms with Gasteiger partial charge in [0, 0.05) is 15.7 Å². The van der Waals surface area contributed by atoms with Crippen molar-refractivity contribution in [2.24, 2.45) is 5.73 Å². The summed E-state index contributed by atoms with van der Waals surface area (Å²) in [5.41, 5.74) is 8.38. The molecule has 0 saturated heterocycles. The highest BCUT2D eigenvalue weighted by atomic mass is 79.9. The zero-order valence-electron chi connectivity index (χ0n) is 14.8. The van der Waals surface area contributed by atoms with Crippen LogP contribution in [0.1, 0.15) is 38.2 Å². The van der Waals surface area contributed by atoms with Crippen molar-refractivity contribution in [3.63, 3.8) is 0 Å². The molecule has 28 heavy (non-hydrogen) atoms. The third-order valence-corrected chi connectivity index (χ3v) is 5.06. The smallest absolute Gasteiger partial charge is 0.276 e. The number of anilines is 1. The molecule has 0 bridgehead atoms. The van der Waals surface area contributed by atoms with E-state index in [9.17, 15) is 9.59 Å². The molecule has 0 fully saturated rings. The third kappa shape index (κ3) is 3.83. The number of rotatable bonds is 4. The topological polar surface area (TPSA) is 99.2 Å². The number of primary amides is 1. The number of carbonyl (C=O) groups is 2. The van der Waals surface area contributed by atoms with Crippen molar-refractivity contribution < 1.29 is 14.3 Å². The lowest BCUT2D eigenvalue weighted by Gasteiger charge is -2.24. The van der Waals surface area contributed by atoms with Crippen LogP contribution in [0.2, 0.25) is 0 Å². The number of nitrogens with zero attached hydrogens (tertiary/aromatic N) is 2. The second-order valence-corrected chi connectivity index (χ2v) is 7.37. The SMILES string of the molecule is NC(=O)c1ccc(NC(=O)c2cc3n(n2)C[C@@H](c2ccc(Br)cc2)OC3)cc1. The summed E-state index contributed by atoms with van der Waals surface area (Å²) < 4.78 is 8.74. The normalized spacial score (nSPS) is 15.7. The average molecular weight is 441 g/mol. The molecule has 0 unspecified atom stereocenters.